The van der Waals surface area contributed by atoms with Gasteiger partial charge >= 0.3 is 0 Å². The van der Waals surface area contributed by atoms with Gasteiger partial charge in [-0.1, -0.05) is 24.3 Å². The molecule has 136 valence electrons. The van der Waals surface area contributed by atoms with Crippen LogP contribution in [0.3, 0.4) is 0 Å². The molecule has 0 amide bonds. The van der Waals surface area contributed by atoms with Crippen LogP contribution in [0.1, 0.15) is 30.4 Å². The standard InChI is InChI=1S/C20H23N3O2S/c1-24-18-12-11-15(13-19(18)25-2)21-20(26)23-22-17-10-6-4-8-14-7-3-5-9-16(14)17/h3,5,7,9,11-13H,4,6,8,10H2,1-2H3,(H2,21,23,26)/b22-17-. The summed E-state index contributed by atoms with van der Waals surface area (Å²) in [6.07, 6.45) is 4.36. The van der Waals surface area contributed by atoms with Gasteiger partial charge in [0.25, 0.3) is 0 Å². The maximum Gasteiger partial charge on any atom is 0.191 e. The van der Waals surface area contributed by atoms with Crippen molar-refractivity contribution < 1.29 is 9.47 Å². The first-order valence-corrected chi connectivity index (χ1v) is 9.06. The summed E-state index contributed by atoms with van der Waals surface area (Å²) >= 11 is 5.38. The summed E-state index contributed by atoms with van der Waals surface area (Å²) in [6.45, 7) is 0. The quantitative estimate of drug-likeness (QED) is 0.482. The van der Waals surface area contributed by atoms with Gasteiger partial charge in [-0.3, -0.25) is 5.43 Å². The molecule has 0 radical (unpaired) electrons. The molecule has 0 heterocycles. The molecule has 1 aliphatic rings. The second-order valence-electron chi connectivity index (χ2n) is 6.06. The van der Waals surface area contributed by atoms with Crippen LogP contribution in [0, 0.1) is 0 Å². The molecule has 0 spiro atoms. The van der Waals surface area contributed by atoms with E-state index in [-0.39, 0.29) is 0 Å². The molecule has 0 saturated carbocycles. The Balaban J connectivity index is 1.70. The van der Waals surface area contributed by atoms with E-state index in [9.17, 15) is 0 Å². The second kappa shape index (κ2) is 8.67. The van der Waals surface area contributed by atoms with Gasteiger partial charge in [-0.15, -0.1) is 0 Å². The molecule has 0 unspecified atom stereocenters. The summed E-state index contributed by atoms with van der Waals surface area (Å²) in [4.78, 5) is 0. The number of hydrogen-bond acceptors (Lipinski definition) is 4. The molecular formula is C20H23N3O2S. The predicted octanol–water partition coefficient (Wildman–Crippen LogP) is 4.12. The number of nitrogens with zero attached hydrogens (tertiary/aromatic N) is 1. The average Bonchev–Trinajstić information content (AvgIpc) is 2.88. The molecule has 0 bridgehead atoms. The molecule has 0 saturated heterocycles. The van der Waals surface area contributed by atoms with Crippen molar-refractivity contribution in [1.82, 2.24) is 5.43 Å². The SMILES string of the molecule is COc1ccc(NC(=S)N/N=C2/CCCCc3ccccc32)cc1OC. The van der Waals surface area contributed by atoms with E-state index in [0.29, 0.717) is 16.6 Å². The van der Waals surface area contributed by atoms with Gasteiger partial charge in [0.05, 0.1) is 19.9 Å². The van der Waals surface area contributed by atoms with Gasteiger partial charge in [0, 0.05) is 17.3 Å². The molecular weight excluding hydrogens is 346 g/mol. The van der Waals surface area contributed by atoms with Crippen molar-refractivity contribution >= 4 is 28.7 Å². The van der Waals surface area contributed by atoms with Gasteiger partial charge in [-0.2, -0.15) is 5.10 Å². The largest absolute Gasteiger partial charge is 0.493 e. The molecule has 2 aromatic rings. The van der Waals surface area contributed by atoms with Crippen molar-refractivity contribution in [2.45, 2.75) is 25.7 Å². The zero-order valence-electron chi connectivity index (χ0n) is 15.0. The summed E-state index contributed by atoms with van der Waals surface area (Å²) < 4.78 is 10.6. The number of benzene rings is 2. The van der Waals surface area contributed by atoms with Crippen LogP contribution in [0.4, 0.5) is 5.69 Å². The molecule has 3 rings (SSSR count). The highest BCUT2D eigenvalue weighted by Gasteiger charge is 2.13. The lowest BCUT2D eigenvalue weighted by atomic mass is 10.0. The zero-order chi connectivity index (χ0) is 18.4. The highest BCUT2D eigenvalue weighted by molar-refractivity contribution is 7.80. The Labute approximate surface area is 159 Å². The lowest BCUT2D eigenvalue weighted by Crippen LogP contribution is -2.25. The molecule has 0 atom stereocenters. The number of hydrogen-bond donors (Lipinski definition) is 2. The smallest absolute Gasteiger partial charge is 0.191 e. The Bertz CT molecular complexity index is 820. The molecule has 26 heavy (non-hydrogen) atoms. The van der Waals surface area contributed by atoms with Crippen LogP contribution in [0.2, 0.25) is 0 Å². The highest BCUT2D eigenvalue weighted by atomic mass is 32.1. The first kappa shape index (κ1) is 18.2. The Morgan fingerprint density at radius 2 is 1.77 bits per heavy atom. The lowest BCUT2D eigenvalue weighted by Gasteiger charge is -2.12. The van der Waals surface area contributed by atoms with E-state index in [0.717, 1.165) is 30.7 Å². The van der Waals surface area contributed by atoms with Crippen LogP contribution in [0.25, 0.3) is 0 Å². The topological polar surface area (TPSA) is 54.9 Å². The van der Waals surface area contributed by atoms with Gasteiger partial charge in [-0.05, 0) is 55.6 Å². The minimum atomic E-state index is 0.437. The number of thiocarbonyl (C=S) groups is 1. The van der Waals surface area contributed by atoms with Crippen LogP contribution < -0.4 is 20.2 Å². The van der Waals surface area contributed by atoms with E-state index in [1.54, 1.807) is 14.2 Å². The van der Waals surface area contributed by atoms with E-state index in [1.165, 1.54) is 17.5 Å². The molecule has 2 N–H and O–H groups in total. The minimum absolute atomic E-state index is 0.437. The number of hydrazone groups is 1. The summed E-state index contributed by atoms with van der Waals surface area (Å²) in [5.74, 6) is 1.32. The Hall–Kier alpha value is -2.60. The van der Waals surface area contributed by atoms with Gasteiger partial charge in [0.2, 0.25) is 0 Å². The number of nitrogens with one attached hydrogen (secondary N) is 2. The summed E-state index contributed by atoms with van der Waals surface area (Å²) in [5.41, 5.74) is 7.39. The molecule has 5 nitrogen and oxygen atoms in total. The maximum atomic E-state index is 5.38. The first-order chi connectivity index (χ1) is 12.7. The summed E-state index contributed by atoms with van der Waals surface area (Å²) in [6, 6.07) is 14.0. The number of ether oxygens (including phenoxy) is 2. The lowest BCUT2D eigenvalue weighted by molar-refractivity contribution is 0.355. The van der Waals surface area contributed by atoms with Gasteiger partial charge in [0.15, 0.2) is 16.6 Å². The second-order valence-corrected chi connectivity index (χ2v) is 6.47. The Kier molecular flexibility index (Phi) is 6.07. The number of rotatable bonds is 4. The summed E-state index contributed by atoms with van der Waals surface area (Å²) in [5, 5.41) is 8.13. The first-order valence-electron chi connectivity index (χ1n) is 8.65. The van der Waals surface area contributed by atoms with Crippen molar-refractivity contribution in [1.29, 1.82) is 0 Å². The number of aryl methyl sites for hydroxylation is 1. The molecule has 6 heteroatoms. The number of anilines is 1. The van der Waals surface area contributed by atoms with Crippen molar-refractivity contribution in [2.75, 3.05) is 19.5 Å². The fraction of sp³-hybridized carbons (Fsp3) is 0.300. The third kappa shape index (κ3) is 4.32. The fourth-order valence-corrected chi connectivity index (χ4v) is 3.23. The zero-order valence-corrected chi connectivity index (χ0v) is 15.9. The van der Waals surface area contributed by atoms with E-state index in [2.05, 4.69) is 40.1 Å². The van der Waals surface area contributed by atoms with Crippen LogP contribution in [0.5, 0.6) is 11.5 Å². The highest BCUT2D eigenvalue weighted by Crippen LogP contribution is 2.29. The van der Waals surface area contributed by atoms with Gasteiger partial charge in [-0.25, -0.2) is 0 Å². The van der Waals surface area contributed by atoms with Gasteiger partial charge in [0.1, 0.15) is 0 Å². The fourth-order valence-electron chi connectivity index (χ4n) is 3.07. The van der Waals surface area contributed by atoms with E-state index < -0.39 is 0 Å². The average molecular weight is 369 g/mol. The molecule has 0 aliphatic heterocycles. The monoisotopic (exact) mass is 369 g/mol. The Morgan fingerprint density at radius 1 is 1.00 bits per heavy atom. The molecule has 0 aromatic heterocycles. The van der Waals surface area contributed by atoms with Crippen LogP contribution >= 0.6 is 12.2 Å². The minimum Gasteiger partial charge on any atom is -0.493 e. The summed E-state index contributed by atoms with van der Waals surface area (Å²) in [7, 11) is 3.21. The Morgan fingerprint density at radius 3 is 2.58 bits per heavy atom. The van der Waals surface area contributed by atoms with E-state index in [1.807, 2.05) is 18.2 Å². The number of methoxy groups -OCH3 is 2. The van der Waals surface area contributed by atoms with Crippen LogP contribution in [0.15, 0.2) is 47.6 Å². The normalized spacial score (nSPS) is 14.9. The van der Waals surface area contributed by atoms with Crippen LogP contribution in [-0.4, -0.2) is 25.0 Å². The predicted molar refractivity (Wildman–Crippen MR) is 109 cm³/mol. The van der Waals surface area contributed by atoms with Crippen molar-refractivity contribution in [3.63, 3.8) is 0 Å². The number of fused-ring (bicyclic) bond motifs is 1. The van der Waals surface area contributed by atoms with E-state index in [4.69, 9.17) is 21.7 Å². The third-order valence-corrected chi connectivity index (χ3v) is 4.57. The van der Waals surface area contributed by atoms with E-state index >= 15 is 0 Å². The van der Waals surface area contributed by atoms with Crippen molar-refractivity contribution in [3.8, 4) is 11.5 Å². The van der Waals surface area contributed by atoms with Crippen molar-refractivity contribution in [3.05, 3.63) is 53.6 Å². The van der Waals surface area contributed by atoms with Crippen molar-refractivity contribution in [2.24, 2.45) is 5.10 Å². The maximum absolute atomic E-state index is 5.38. The van der Waals surface area contributed by atoms with Gasteiger partial charge < -0.3 is 14.8 Å². The molecule has 0 fully saturated rings. The third-order valence-electron chi connectivity index (χ3n) is 4.37. The molecule has 2 aromatic carbocycles. The van der Waals surface area contributed by atoms with Crippen LogP contribution in [-0.2, 0) is 6.42 Å². The molecule has 1 aliphatic carbocycles.